The number of halogens is 1. The number of amides is 1. The maximum Gasteiger partial charge on any atom is 0.305 e. The molecule has 4 nitrogen and oxygen atoms in total. The summed E-state index contributed by atoms with van der Waals surface area (Å²) in [6, 6.07) is 3.69. The van der Waals surface area contributed by atoms with Crippen molar-refractivity contribution in [1.29, 1.82) is 0 Å². The Labute approximate surface area is 123 Å². The first-order valence-corrected chi connectivity index (χ1v) is 7.63. The van der Waals surface area contributed by atoms with Gasteiger partial charge in [0.05, 0.1) is 10.2 Å². The molecule has 1 aromatic heterocycles. The lowest BCUT2D eigenvalue weighted by Crippen LogP contribution is -2.35. The molecule has 1 atom stereocenters. The molecule has 1 saturated heterocycles. The molecule has 2 heterocycles. The second-order valence-electron chi connectivity index (χ2n) is 4.40. The highest BCUT2D eigenvalue weighted by atomic mass is 79.9. The molecule has 0 spiro atoms. The van der Waals surface area contributed by atoms with E-state index in [-0.39, 0.29) is 18.4 Å². The van der Waals surface area contributed by atoms with Crippen LogP contribution in [-0.2, 0) is 9.59 Å². The Kier molecular flexibility index (Phi) is 4.76. The third-order valence-corrected chi connectivity index (χ3v) is 4.64. The second-order valence-corrected chi connectivity index (χ2v) is 6.90. The fraction of sp³-hybridized carbons (Fsp3) is 0.385. The molecule has 1 fully saturated rings. The molecule has 1 unspecified atom stereocenters. The van der Waals surface area contributed by atoms with Crippen molar-refractivity contribution in [3.8, 4) is 0 Å². The molecule has 0 radical (unpaired) electrons. The van der Waals surface area contributed by atoms with Crippen LogP contribution in [0, 0.1) is 0 Å². The fourth-order valence-electron chi connectivity index (χ4n) is 2.21. The summed E-state index contributed by atoms with van der Waals surface area (Å²) in [7, 11) is 0. The van der Waals surface area contributed by atoms with Gasteiger partial charge in [-0.2, -0.15) is 0 Å². The first-order valence-electron chi connectivity index (χ1n) is 6.02. The number of carbonyl (C=O) groups is 2. The lowest BCUT2D eigenvalue weighted by atomic mass is 10.1. The Morgan fingerprint density at radius 3 is 2.95 bits per heavy atom. The molecule has 1 aromatic rings. The van der Waals surface area contributed by atoms with E-state index >= 15 is 0 Å². The number of carbonyl (C=O) groups excluding carboxylic acids is 1. The Morgan fingerprint density at radius 2 is 2.32 bits per heavy atom. The first-order chi connectivity index (χ1) is 9.06. The highest BCUT2D eigenvalue weighted by Crippen LogP contribution is 2.24. The summed E-state index contributed by atoms with van der Waals surface area (Å²) in [4.78, 5) is 25.5. The topological polar surface area (TPSA) is 57.6 Å². The maximum atomic E-state index is 12.1. The molecule has 6 heteroatoms. The van der Waals surface area contributed by atoms with Crippen LogP contribution in [0.2, 0.25) is 0 Å². The quantitative estimate of drug-likeness (QED) is 0.855. The molecule has 1 aliphatic heterocycles. The van der Waals surface area contributed by atoms with Gasteiger partial charge in [-0.1, -0.05) is 0 Å². The van der Waals surface area contributed by atoms with Gasteiger partial charge in [0, 0.05) is 23.5 Å². The normalized spacial score (nSPS) is 19.2. The minimum Gasteiger partial charge on any atom is -0.481 e. The number of rotatable bonds is 4. The first kappa shape index (κ1) is 14.3. The van der Waals surface area contributed by atoms with Crippen LogP contribution in [0.4, 0.5) is 0 Å². The molecule has 1 N–H and O–H groups in total. The number of carboxylic acids is 1. The third-order valence-electron chi connectivity index (χ3n) is 3.05. The van der Waals surface area contributed by atoms with E-state index in [2.05, 4.69) is 15.9 Å². The monoisotopic (exact) mass is 343 g/mol. The molecular weight excluding hydrogens is 330 g/mol. The predicted molar refractivity (Wildman–Crippen MR) is 78.0 cm³/mol. The summed E-state index contributed by atoms with van der Waals surface area (Å²) < 4.78 is 1.02. The van der Waals surface area contributed by atoms with E-state index < -0.39 is 5.97 Å². The van der Waals surface area contributed by atoms with Crippen LogP contribution in [0.15, 0.2) is 22.0 Å². The van der Waals surface area contributed by atoms with Crippen LogP contribution >= 0.6 is 27.3 Å². The highest BCUT2D eigenvalue weighted by molar-refractivity contribution is 9.11. The summed E-state index contributed by atoms with van der Waals surface area (Å²) in [6.07, 6.45) is 4.98. The number of hydrogen-bond donors (Lipinski definition) is 1. The minimum atomic E-state index is -0.851. The molecular formula is C13H14BrNO3S. The Balaban J connectivity index is 1.98. The van der Waals surface area contributed by atoms with Crippen LogP contribution in [0.3, 0.4) is 0 Å². The van der Waals surface area contributed by atoms with Gasteiger partial charge in [-0.3, -0.25) is 9.59 Å². The molecule has 19 heavy (non-hydrogen) atoms. The maximum absolute atomic E-state index is 12.1. The molecule has 1 aliphatic rings. The standard InChI is InChI=1S/C13H14BrNO3S/c14-11-5-3-10(19-11)4-6-12(16)15-7-1-2-9(15)8-13(17)18/h3-6,9H,1-2,7-8H2,(H,17,18)/b6-4+. The predicted octanol–water partition coefficient (Wildman–Crippen LogP) is 2.99. The molecule has 0 bridgehead atoms. The van der Waals surface area contributed by atoms with E-state index in [0.29, 0.717) is 6.54 Å². The SMILES string of the molecule is O=C(O)CC1CCCN1C(=O)/C=C/c1ccc(Br)s1. The highest BCUT2D eigenvalue weighted by Gasteiger charge is 2.28. The molecule has 2 rings (SSSR count). The summed E-state index contributed by atoms with van der Waals surface area (Å²) in [5.74, 6) is -0.955. The van der Waals surface area contributed by atoms with Gasteiger partial charge in [-0.25, -0.2) is 0 Å². The molecule has 0 aliphatic carbocycles. The van der Waals surface area contributed by atoms with Crippen LogP contribution < -0.4 is 0 Å². The molecule has 0 saturated carbocycles. The zero-order valence-corrected chi connectivity index (χ0v) is 12.6. The average Bonchev–Trinajstić information content (AvgIpc) is 2.94. The van der Waals surface area contributed by atoms with Gasteiger partial charge in [0.2, 0.25) is 5.91 Å². The van der Waals surface area contributed by atoms with Crippen LogP contribution in [0.25, 0.3) is 6.08 Å². The number of likely N-dealkylation sites (tertiary alicyclic amines) is 1. The smallest absolute Gasteiger partial charge is 0.305 e. The fourth-order valence-corrected chi connectivity index (χ4v) is 3.53. The van der Waals surface area contributed by atoms with Crippen molar-refractivity contribution in [2.24, 2.45) is 0 Å². The van der Waals surface area contributed by atoms with Gasteiger partial charge in [-0.15, -0.1) is 11.3 Å². The van der Waals surface area contributed by atoms with Crippen molar-refractivity contribution in [2.45, 2.75) is 25.3 Å². The van der Waals surface area contributed by atoms with E-state index in [1.807, 2.05) is 12.1 Å². The zero-order chi connectivity index (χ0) is 13.8. The van der Waals surface area contributed by atoms with Crippen molar-refractivity contribution in [3.63, 3.8) is 0 Å². The van der Waals surface area contributed by atoms with Crippen LogP contribution in [-0.4, -0.2) is 34.5 Å². The molecule has 0 aromatic carbocycles. The van der Waals surface area contributed by atoms with E-state index in [4.69, 9.17) is 5.11 Å². The van der Waals surface area contributed by atoms with Crippen molar-refractivity contribution in [2.75, 3.05) is 6.54 Å². The second kappa shape index (κ2) is 6.34. The van der Waals surface area contributed by atoms with Crippen molar-refractivity contribution >= 4 is 45.2 Å². The van der Waals surface area contributed by atoms with Crippen molar-refractivity contribution < 1.29 is 14.7 Å². The largest absolute Gasteiger partial charge is 0.481 e. The van der Waals surface area contributed by atoms with E-state index in [9.17, 15) is 9.59 Å². The summed E-state index contributed by atoms with van der Waals surface area (Å²) >= 11 is 4.91. The van der Waals surface area contributed by atoms with E-state index in [0.717, 1.165) is 21.5 Å². The van der Waals surface area contributed by atoms with Gasteiger partial charge >= 0.3 is 5.97 Å². The lowest BCUT2D eigenvalue weighted by Gasteiger charge is -2.21. The number of hydrogen-bond acceptors (Lipinski definition) is 3. The number of aliphatic carboxylic acids is 1. The van der Waals surface area contributed by atoms with E-state index in [1.165, 1.54) is 6.08 Å². The Morgan fingerprint density at radius 1 is 1.53 bits per heavy atom. The van der Waals surface area contributed by atoms with Gasteiger partial charge < -0.3 is 10.0 Å². The average molecular weight is 344 g/mol. The van der Waals surface area contributed by atoms with Crippen LogP contribution in [0.5, 0.6) is 0 Å². The number of carboxylic acid groups (broad SMARTS) is 1. The Bertz CT molecular complexity index is 512. The summed E-state index contributed by atoms with van der Waals surface area (Å²) in [5.41, 5.74) is 0. The Hall–Kier alpha value is -1.14. The number of nitrogens with zero attached hydrogens (tertiary/aromatic N) is 1. The number of thiophene rings is 1. The van der Waals surface area contributed by atoms with Gasteiger partial charge in [0.15, 0.2) is 0 Å². The summed E-state index contributed by atoms with van der Waals surface area (Å²) in [5, 5.41) is 8.82. The molecule has 1 amide bonds. The summed E-state index contributed by atoms with van der Waals surface area (Å²) in [6.45, 7) is 0.648. The third kappa shape index (κ3) is 3.91. The molecule has 102 valence electrons. The van der Waals surface area contributed by atoms with E-state index in [1.54, 1.807) is 22.3 Å². The van der Waals surface area contributed by atoms with Gasteiger partial charge in [0.25, 0.3) is 0 Å². The lowest BCUT2D eigenvalue weighted by molar-refractivity contribution is -0.139. The van der Waals surface area contributed by atoms with Crippen molar-refractivity contribution in [1.82, 2.24) is 4.90 Å². The van der Waals surface area contributed by atoms with Gasteiger partial charge in [-0.05, 0) is 47.0 Å². The van der Waals surface area contributed by atoms with Crippen molar-refractivity contribution in [3.05, 3.63) is 26.9 Å². The van der Waals surface area contributed by atoms with Crippen LogP contribution in [0.1, 0.15) is 24.1 Å². The zero-order valence-electron chi connectivity index (χ0n) is 10.2. The van der Waals surface area contributed by atoms with Gasteiger partial charge in [0.1, 0.15) is 0 Å². The minimum absolute atomic E-state index is 0.0319.